The van der Waals surface area contributed by atoms with Gasteiger partial charge in [0, 0.05) is 33.1 Å². The number of benzene rings is 11. The quantitative estimate of drug-likeness (QED) is 0.149. The first-order chi connectivity index (χ1) is 32.2. The van der Waals surface area contributed by atoms with Gasteiger partial charge in [0.25, 0.3) is 0 Å². The summed E-state index contributed by atoms with van der Waals surface area (Å²) in [5.41, 5.74) is 15.5. The zero-order valence-corrected chi connectivity index (χ0v) is 35.4. The molecular formula is C62H40N2O. The first-order valence-corrected chi connectivity index (χ1v) is 22.2. The Morgan fingerprint density at radius 1 is 0.323 bits per heavy atom. The standard InChI is InChI=1S/C62H40N2O/c1-2-15-42(16-3-1)51-21-6-9-25-55(51)63(47-36-33-41(34-37-47)44-35-38-50-46(39-44)32-31-43-17-4-5-20-49(43)50)48-19-12-18-45(40-48)52-24-13-27-57-61(52)53-22-7-10-26-56(53)64(57)58-28-14-30-60-62(58)54-23-8-11-29-59(54)65-60/h1-40H. The molecule has 0 spiro atoms. The zero-order chi connectivity index (χ0) is 42.8. The number of fused-ring (bicyclic) bond motifs is 9. The van der Waals surface area contributed by atoms with Crippen LogP contribution in [0.3, 0.4) is 0 Å². The summed E-state index contributed by atoms with van der Waals surface area (Å²) in [7, 11) is 0. The van der Waals surface area contributed by atoms with Crippen molar-refractivity contribution in [1.82, 2.24) is 4.57 Å². The van der Waals surface area contributed by atoms with Crippen LogP contribution in [-0.2, 0) is 0 Å². The molecule has 2 aromatic heterocycles. The molecule has 0 atom stereocenters. The highest BCUT2D eigenvalue weighted by molar-refractivity contribution is 6.18. The lowest BCUT2D eigenvalue weighted by Crippen LogP contribution is -2.11. The van der Waals surface area contributed by atoms with Crippen molar-refractivity contribution in [3.05, 3.63) is 243 Å². The predicted octanol–water partition coefficient (Wildman–Crippen LogP) is 17.5. The molecule has 0 saturated heterocycles. The minimum atomic E-state index is 0.883. The lowest BCUT2D eigenvalue weighted by Gasteiger charge is -2.28. The van der Waals surface area contributed by atoms with Crippen LogP contribution < -0.4 is 4.90 Å². The van der Waals surface area contributed by atoms with Crippen LogP contribution in [0, 0.1) is 0 Å². The zero-order valence-electron chi connectivity index (χ0n) is 35.4. The summed E-state index contributed by atoms with van der Waals surface area (Å²) in [5.74, 6) is 0. The molecule has 0 aliphatic rings. The van der Waals surface area contributed by atoms with Gasteiger partial charge in [-0.15, -0.1) is 0 Å². The molecule has 0 fully saturated rings. The van der Waals surface area contributed by atoms with Gasteiger partial charge in [0.05, 0.1) is 27.8 Å². The van der Waals surface area contributed by atoms with Gasteiger partial charge in [-0.1, -0.05) is 176 Å². The van der Waals surface area contributed by atoms with Gasteiger partial charge in [-0.05, 0) is 116 Å². The fourth-order valence-electron chi connectivity index (χ4n) is 10.2. The van der Waals surface area contributed by atoms with Crippen molar-refractivity contribution in [2.45, 2.75) is 0 Å². The van der Waals surface area contributed by atoms with Crippen LogP contribution in [-0.4, -0.2) is 4.57 Å². The van der Waals surface area contributed by atoms with Crippen LogP contribution in [0.15, 0.2) is 247 Å². The van der Waals surface area contributed by atoms with Crippen LogP contribution in [0.4, 0.5) is 17.1 Å². The van der Waals surface area contributed by atoms with Gasteiger partial charge in [0.15, 0.2) is 0 Å². The van der Waals surface area contributed by atoms with E-state index >= 15 is 0 Å². The number of hydrogen-bond acceptors (Lipinski definition) is 2. The van der Waals surface area contributed by atoms with E-state index in [-0.39, 0.29) is 0 Å². The van der Waals surface area contributed by atoms with E-state index in [1.807, 2.05) is 6.07 Å². The summed E-state index contributed by atoms with van der Waals surface area (Å²) in [6, 6.07) is 87.8. The van der Waals surface area contributed by atoms with Crippen molar-refractivity contribution in [2.75, 3.05) is 4.90 Å². The Morgan fingerprint density at radius 2 is 0.969 bits per heavy atom. The summed E-state index contributed by atoms with van der Waals surface area (Å²) in [5, 5.41) is 9.71. The van der Waals surface area contributed by atoms with E-state index in [1.54, 1.807) is 0 Å². The van der Waals surface area contributed by atoms with Crippen molar-refractivity contribution in [1.29, 1.82) is 0 Å². The third-order valence-corrected chi connectivity index (χ3v) is 13.2. The van der Waals surface area contributed by atoms with Crippen LogP contribution in [0.2, 0.25) is 0 Å². The molecule has 0 radical (unpaired) electrons. The summed E-state index contributed by atoms with van der Waals surface area (Å²) < 4.78 is 8.81. The molecule has 0 unspecified atom stereocenters. The third kappa shape index (κ3) is 6.05. The van der Waals surface area contributed by atoms with Gasteiger partial charge >= 0.3 is 0 Å². The Hall–Kier alpha value is -8.66. The molecule has 3 nitrogen and oxygen atoms in total. The van der Waals surface area contributed by atoms with E-state index in [1.165, 1.54) is 54.6 Å². The Labute approximate surface area is 376 Å². The fourth-order valence-corrected chi connectivity index (χ4v) is 10.2. The molecule has 65 heavy (non-hydrogen) atoms. The topological polar surface area (TPSA) is 21.3 Å². The lowest BCUT2D eigenvalue weighted by atomic mass is 9.96. The smallest absolute Gasteiger partial charge is 0.137 e. The van der Waals surface area contributed by atoms with E-state index in [2.05, 4.69) is 246 Å². The van der Waals surface area contributed by atoms with E-state index in [4.69, 9.17) is 4.42 Å². The third-order valence-electron chi connectivity index (χ3n) is 13.2. The fraction of sp³-hybridized carbons (Fsp3) is 0. The number of rotatable bonds is 7. The number of hydrogen-bond donors (Lipinski definition) is 0. The normalized spacial score (nSPS) is 11.7. The Bertz CT molecular complexity index is 3950. The van der Waals surface area contributed by atoms with Gasteiger partial charge in [0.1, 0.15) is 11.2 Å². The molecule has 0 aliphatic carbocycles. The molecule has 304 valence electrons. The van der Waals surface area contributed by atoms with E-state index < -0.39 is 0 Å². The number of anilines is 3. The van der Waals surface area contributed by atoms with Crippen molar-refractivity contribution < 1.29 is 4.42 Å². The number of furan rings is 1. The first kappa shape index (κ1) is 36.9. The van der Waals surface area contributed by atoms with Gasteiger partial charge in [-0.25, -0.2) is 0 Å². The maximum atomic E-state index is 6.39. The molecular weight excluding hydrogens is 789 g/mol. The maximum Gasteiger partial charge on any atom is 0.137 e. The van der Waals surface area contributed by atoms with E-state index in [0.717, 1.165) is 66.8 Å². The second-order valence-corrected chi connectivity index (χ2v) is 16.8. The maximum absolute atomic E-state index is 6.39. The molecule has 13 rings (SSSR count). The number of aromatic nitrogens is 1. The number of para-hydroxylation sites is 3. The van der Waals surface area contributed by atoms with Gasteiger partial charge in [0.2, 0.25) is 0 Å². The largest absolute Gasteiger partial charge is 0.456 e. The monoisotopic (exact) mass is 828 g/mol. The summed E-state index contributed by atoms with van der Waals surface area (Å²) >= 11 is 0. The van der Waals surface area contributed by atoms with Crippen LogP contribution in [0.1, 0.15) is 0 Å². The highest BCUT2D eigenvalue weighted by Crippen LogP contribution is 2.45. The summed E-state index contributed by atoms with van der Waals surface area (Å²) in [4.78, 5) is 2.41. The molecule has 0 saturated carbocycles. The van der Waals surface area contributed by atoms with Crippen LogP contribution >= 0.6 is 0 Å². The SMILES string of the molecule is c1ccc(-c2ccccc2N(c2ccc(-c3ccc4c(ccc5ccccc54)c3)cc2)c2cccc(-c3cccc4c3c3ccccc3n4-c3cccc4oc5ccccc5c34)c2)cc1. The molecule has 2 heterocycles. The molecule has 0 N–H and O–H groups in total. The van der Waals surface area contributed by atoms with Crippen LogP contribution in [0.5, 0.6) is 0 Å². The Morgan fingerprint density at radius 3 is 1.88 bits per heavy atom. The molecule has 0 bridgehead atoms. The highest BCUT2D eigenvalue weighted by Gasteiger charge is 2.22. The van der Waals surface area contributed by atoms with Crippen LogP contribution in [0.25, 0.3) is 104 Å². The van der Waals surface area contributed by atoms with E-state index in [9.17, 15) is 0 Å². The highest BCUT2D eigenvalue weighted by atomic mass is 16.3. The second kappa shape index (κ2) is 15.0. The van der Waals surface area contributed by atoms with Gasteiger partial charge in [-0.3, -0.25) is 0 Å². The average molecular weight is 829 g/mol. The first-order valence-electron chi connectivity index (χ1n) is 22.2. The summed E-state index contributed by atoms with van der Waals surface area (Å²) in [6.07, 6.45) is 0. The molecule has 11 aromatic carbocycles. The number of nitrogens with zero attached hydrogens (tertiary/aromatic N) is 2. The molecule has 0 amide bonds. The summed E-state index contributed by atoms with van der Waals surface area (Å²) in [6.45, 7) is 0. The Balaban J connectivity index is 0.972. The van der Waals surface area contributed by atoms with Crippen molar-refractivity contribution in [2.24, 2.45) is 0 Å². The van der Waals surface area contributed by atoms with Crippen molar-refractivity contribution >= 4 is 82.4 Å². The molecule has 0 aliphatic heterocycles. The van der Waals surface area contributed by atoms with E-state index in [0.29, 0.717) is 0 Å². The Kier molecular flexibility index (Phi) is 8.53. The van der Waals surface area contributed by atoms with Crippen molar-refractivity contribution in [3.63, 3.8) is 0 Å². The lowest BCUT2D eigenvalue weighted by molar-refractivity contribution is 0.669. The minimum Gasteiger partial charge on any atom is -0.456 e. The van der Waals surface area contributed by atoms with Crippen molar-refractivity contribution in [3.8, 4) is 39.1 Å². The average Bonchev–Trinajstić information content (AvgIpc) is 3.93. The molecule has 3 heteroatoms. The molecule has 13 aromatic rings. The van der Waals surface area contributed by atoms with Gasteiger partial charge in [-0.2, -0.15) is 0 Å². The predicted molar refractivity (Wildman–Crippen MR) is 274 cm³/mol. The minimum absolute atomic E-state index is 0.883. The second-order valence-electron chi connectivity index (χ2n) is 16.8. The van der Waals surface area contributed by atoms with Gasteiger partial charge < -0.3 is 13.9 Å².